The number of hydrogen-bond donors (Lipinski definition) is 1. The molecular weight excluding hydrogens is 228 g/mol. The highest BCUT2D eigenvalue weighted by molar-refractivity contribution is 5.28. The van der Waals surface area contributed by atoms with Gasteiger partial charge in [-0.05, 0) is 24.6 Å². The third kappa shape index (κ3) is 5.10. The molecule has 1 aromatic carbocycles. The predicted molar refractivity (Wildman–Crippen MR) is 61.4 cm³/mol. The highest BCUT2D eigenvalue weighted by Gasteiger charge is 2.06. The van der Waals surface area contributed by atoms with Crippen LogP contribution in [0.5, 0.6) is 5.75 Å². The van der Waals surface area contributed by atoms with E-state index in [2.05, 4.69) is 10.1 Å². The molecule has 0 bridgehead atoms. The van der Waals surface area contributed by atoms with Crippen molar-refractivity contribution in [3.63, 3.8) is 0 Å². The normalized spacial score (nSPS) is 12.8. The van der Waals surface area contributed by atoms with Gasteiger partial charge in [0.1, 0.15) is 5.75 Å². The maximum Gasteiger partial charge on any atom is 0.387 e. The van der Waals surface area contributed by atoms with Gasteiger partial charge in [-0.1, -0.05) is 12.1 Å². The lowest BCUT2D eigenvalue weighted by atomic mass is 10.1. The molecule has 0 amide bonds. The van der Waals surface area contributed by atoms with Crippen molar-refractivity contribution in [2.45, 2.75) is 19.6 Å². The highest BCUT2D eigenvalue weighted by Crippen LogP contribution is 2.18. The summed E-state index contributed by atoms with van der Waals surface area (Å²) in [6, 6.07) is 6.75. The van der Waals surface area contributed by atoms with Crippen LogP contribution >= 0.6 is 0 Å². The molecule has 1 N–H and O–H groups in total. The average molecular weight is 245 g/mol. The smallest absolute Gasteiger partial charge is 0.387 e. The molecule has 96 valence electrons. The van der Waals surface area contributed by atoms with Gasteiger partial charge in [0.05, 0.1) is 6.61 Å². The third-order valence-electron chi connectivity index (χ3n) is 2.36. The molecule has 1 aromatic rings. The van der Waals surface area contributed by atoms with Crippen molar-refractivity contribution in [3.05, 3.63) is 29.8 Å². The summed E-state index contributed by atoms with van der Waals surface area (Å²) in [5, 5.41) is 3.25. The first-order valence-corrected chi connectivity index (χ1v) is 5.40. The molecule has 0 saturated heterocycles. The fraction of sp³-hybridized carbons (Fsp3) is 0.500. The molecule has 0 aliphatic rings. The van der Waals surface area contributed by atoms with E-state index in [9.17, 15) is 8.78 Å². The van der Waals surface area contributed by atoms with Crippen LogP contribution < -0.4 is 10.1 Å². The number of hydrogen-bond acceptors (Lipinski definition) is 3. The third-order valence-corrected chi connectivity index (χ3v) is 2.36. The summed E-state index contributed by atoms with van der Waals surface area (Å²) in [5.74, 6) is 0.174. The second-order valence-electron chi connectivity index (χ2n) is 3.62. The van der Waals surface area contributed by atoms with Gasteiger partial charge in [-0.25, -0.2) is 0 Å². The Labute approximate surface area is 99.7 Å². The van der Waals surface area contributed by atoms with Crippen LogP contribution in [0.15, 0.2) is 24.3 Å². The topological polar surface area (TPSA) is 30.5 Å². The molecule has 0 heterocycles. The minimum atomic E-state index is -2.78. The Morgan fingerprint density at radius 1 is 1.24 bits per heavy atom. The van der Waals surface area contributed by atoms with Crippen LogP contribution in [0, 0.1) is 0 Å². The molecule has 3 nitrogen and oxygen atoms in total. The molecule has 0 aliphatic heterocycles. The molecule has 1 rings (SSSR count). The fourth-order valence-electron chi connectivity index (χ4n) is 1.43. The quantitative estimate of drug-likeness (QED) is 0.749. The number of ether oxygens (including phenoxy) is 2. The van der Waals surface area contributed by atoms with E-state index in [1.54, 1.807) is 19.2 Å². The van der Waals surface area contributed by atoms with Crippen molar-refractivity contribution in [2.24, 2.45) is 0 Å². The highest BCUT2D eigenvalue weighted by atomic mass is 19.3. The van der Waals surface area contributed by atoms with Gasteiger partial charge in [-0.3, -0.25) is 0 Å². The van der Waals surface area contributed by atoms with Crippen LogP contribution in [0.2, 0.25) is 0 Å². The first-order valence-electron chi connectivity index (χ1n) is 5.40. The predicted octanol–water partition coefficient (Wildman–Crippen LogP) is 2.59. The number of benzene rings is 1. The largest absolute Gasteiger partial charge is 0.435 e. The SMILES string of the molecule is COCCNC(C)c1ccc(OC(F)F)cc1. The van der Waals surface area contributed by atoms with E-state index in [1.165, 1.54) is 12.1 Å². The van der Waals surface area contributed by atoms with Gasteiger partial charge in [-0.2, -0.15) is 8.78 Å². The van der Waals surface area contributed by atoms with E-state index in [1.807, 2.05) is 6.92 Å². The molecule has 0 radical (unpaired) electrons. The van der Waals surface area contributed by atoms with Crippen LogP contribution in [0.1, 0.15) is 18.5 Å². The van der Waals surface area contributed by atoms with Gasteiger partial charge in [0.25, 0.3) is 0 Å². The lowest BCUT2D eigenvalue weighted by Gasteiger charge is -2.14. The fourth-order valence-corrected chi connectivity index (χ4v) is 1.43. The van der Waals surface area contributed by atoms with Crippen molar-refractivity contribution in [1.29, 1.82) is 0 Å². The van der Waals surface area contributed by atoms with Gasteiger partial charge >= 0.3 is 6.61 Å². The summed E-state index contributed by atoms with van der Waals surface area (Å²) in [7, 11) is 1.64. The first kappa shape index (κ1) is 13.9. The molecule has 0 spiro atoms. The number of halogens is 2. The van der Waals surface area contributed by atoms with Crippen molar-refractivity contribution < 1.29 is 18.3 Å². The van der Waals surface area contributed by atoms with Crippen molar-refractivity contribution in [3.8, 4) is 5.75 Å². The maximum absolute atomic E-state index is 11.9. The van der Waals surface area contributed by atoms with Crippen LogP contribution in [0.3, 0.4) is 0 Å². The lowest BCUT2D eigenvalue weighted by Crippen LogP contribution is -2.22. The summed E-state index contributed by atoms with van der Waals surface area (Å²) >= 11 is 0. The average Bonchev–Trinajstić information content (AvgIpc) is 2.29. The summed E-state index contributed by atoms with van der Waals surface area (Å²) < 4.78 is 33.1. The number of nitrogens with one attached hydrogen (secondary N) is 1. The first-order chi connectivity index (χ1) is 8.13. The second kappa shape index (κ2) is 7.19. The van der Waals surface area contributed by atoms with Crippen molar-refractivity contribution in [2.75, 3.05) is 20.3 Å². The molecule has 1 unspecified atom stereocenters. The zero-order chi connectivity index (χ0) is 12.7. The van der Waals surface area contributed by atoms with Gasteiger partial charge in [0.2, 0.25) is 0 Å². The van der Waals surface area contributed by atoms with Crippen molar-refractivity contribution in [1.82, 2.24) is 5.32 Å². The van der Waals surface area contributed by atoms with E-state index in [0.717, 1.165) is 12.1 Å². The van der Waals surface area contributed by atoms with E-state index in [0.29, 0.717) is 6.61 Å². The zero-order valence-corrected chi connectivity index (χ0v) is 9.95. The van der Waals surface area contributed by atoms with E-state index >= 15 is 0 Å². The summed E-state index contributed by atoms with van der Waals surface area (Å²) in [4.78, 5) is 0. The Morgan fingerprint density at radius 3 is 2.41 bits per heavy atom. The number of methoxy groups -OCH3 is 1. The molecule has 1 atom stereocenters. The van der Waals surface area contributed by atoms with Gasteiger partial charge in [0, 0.05) is 19.7 Å². The lowest BCUT2D eigenvalue weighted by molar-refractivity contribution is -0.0498. The van der Waals surface area contributed by atoms with E-state index < -0.39 is 6.61 Å². The summed E-state index contributed by atoms with van der Waals surface area (Å²) in [6.45, 7) is 0.598. The Hall–Kier alpha value is -1.20. The van der Waals surface area contributed by atoms with Crippen molar-refractivity contribution >= 4 is 0 Å². The zero-order valence-electron chi connectivity index (χ0n) is 9.95. The van der Waals surface area contributed by atoms with E-state index in [-0.39, 0.29) is 11.8 Å². The Kier molecular flexibility index (Phi) is 5.86. The van der Waals surface area contributed by atoms with Crippen LogP contribution in [0.25, 0.3) is 0 Å². The van der Waals surface area contributed by atoms with Gasteiger partial charge in [0.15, 0.2) is 0 Å². The maximum atomic E-state index is 11.9. The molecule has 0 aromatic heterocycles. The molecule has 0 fully saturated rings. The Bertz CT molecular complexity index is 317. The minimum absolute atomic E-state index is 0.144. The van der Waals surface area contributed by atoms with E-state index in [4.69, 9.17) is 4.74 Å². The Balaban J connectivity index is 2.48. The molecule has 0 saturated carbocycles. The molecule has 0 aliphatic carbocycles. The van der Waals surface area contributed by atoms with Gasteiger partial charge < -0.3 is 14.8 Å². The Morgan fingerprint density at radius 2 is 1.88 bits per heavy atom. The molecular formula is C12H17F2NO2. The molecule has 17 heavy (non-hydrogen) atoms. The monoisotopic (exact) mass is 245 g/mol. The summed E-state index contributed by atoms with van der Waals surface area (Å²) in [5.41, 5.74) is 1.02. The standard InChI is InChI=1S/C12H17F2NO2/c1-9(15-7-8-16-2)10-3-5-11(6-4-10)17-12(13)14/h3-6,9,12,15H,7-8H2,1-2H3. The second-order valence-corrected chi connectivity index (χ2v) is 3.62. The summed E-state index contributed by atoms with van der Waals surface area (Å²) in [6.07, 6.45) is 0. The number of alkyl halides is 2. The minimum Gasteiger partial charge on any atom is -0.435 e. The van der Waals surface area contributed by atoms with Gasteiger partial charge in [-0.15, -0.1) is 0 Å². The number of rotatable bonds is 7. The van der Waals surface area contributed by atoms with Crippen LogP contribution in [-0.2, 0) is 4.74 Å². The van der Waals surface area contributed by atoms with Crippen LogP contribution in [-0.4, -0.2) is 26.9 Å². The van der Waals surface area contributed by atoms with Crippen LogP contribution in [0.4, 0.5) is 8.78 Å². The molecule has 5 heteroatoms.